The summed E-state index contributed by atoms with van der Waals surface area (Å²) in [5.41, 5.74) is -0.629. The summed E-state index contributed by atoms with van der Waals surface area (Å²) >= 11 is 0. The maximum atomic E-state index is 12.3. The Morgan fingerprint density at radius 2 is 2.05 bits per heavy atom. The molecule has 0 bridgehead atoms. The molecule has 2 N–H and O–H groups in total. The summed E-state index contributed by atoms with van der Waals surface area (Å²) in [6.45, 7) is 7.61. The van der Waals surface area contributed by atoms with E-state index < -0.39 is 5.60 Å². The molecule has 1 aromatic rings. The Kier molecular flexibility index (Phi) is 3.96. The average molecular weight is 279 g/mol. The zero-order chi connectivity index (χ0) is 15.0. The Bertz CT molecular complexity index is 496. The number of carbonyl (C=O) groups is 1. The lowest BCUT2D eigenvalue weighted by Gasteiger charge is -2.27. The lowest BCUT2D eigenvalue weighted by Crippen LogP contribution is -2.44. The molecule has 0 unspecified atom stereocenters. The lowest BCUT2D eigenvalue weighted by atomic mass is 9.87. The molecular weight excluding hydrogens is 254 g/mol. The van der Waals surface area contributed by atoms with Crippen LogP contribution in [0.1, 0.15) is 56.6 Å². The zero-order valence-electron chi connectivity index (χ0n) is 12.9. The standard InChI is InChI=1S/C16H25NO3/c1-11-9-13(12(2)20-11)16(4,19)10-17-14(18)15(3)7-5-6-8-15/h9,19H,5-8,10H2,1-4H3,(H,17,18)/t16-/m1/s1. The first-order chi connectivity index (χ1) is 9.24. The number of nitrogens with one attached hydrogen (secondary N) is 1. The van der Waals surface area contributed by atoms with E-state index in [9.17, 15) is 9.90 Å². The average Bonchev–Trinajstić information content (AvgIpc) is 2.94. The second-order valence-corrected chi connectivity index (χ2v) is 6.55. The van der Waals surface area contributed by atoms with Crippen LogP contribution in [0.5, 0.6) is 0 Å². The predicted octanol–water partition coefficient (Wildman–Crippen LogP) is 2.80. The molecular formula is C16H25NO3. The molecule has 0 saturated heterocycles. The fraction of sp³-hybridized carbons (Fsp3) is 0.688. The number of hydrogen-bond donors (Lipinski definition) is 2. The molecule has 4 heteroatoms. The van der Waals surface area contributed by atoms with Crippen molar-refractivity contribution < 1.29 is 14.3 Å². The Hall–Kier alpha value is -1.29. The highest BCUT2D eigenvalue weighted by Gasteiger charge is 2.37. The largest absolute Gasteiger partial charge is 0.466 e. The Balaban J connectivity index is 2.02. The van der Waals surface area contributed by atoms with E-state index in [0.29, 0.717) is 5.76 Å². The normalized spacial score (nSPS) is 20.6. The molecule has 1 aliphatic carbocycles. The van der Waals surface area contributed by atoms with Crippen molar-refractivity contribution in [1.29, 1.82) is 0 Å². The number of hydrogen-bond acceptors (Lipinski definition) is 3. The summed E-state index contributed by atoms with van der Waals surface area (Å²) in [4.78, 5) is 12.3. The van der Waals surface area contributed by atoms with Crippen LogP contribution in [0.3, 0.4) is 0 Å². The molecule has 20 heavy (non-hydrogen) atoms. The van der Waals surface area contributed by atoms with E-state index in [4.69, 9.17) is 4.42 Å². The van der Waals surface area contributed by atoms with Crippen LogP contribution < -0.4 is 5.32 Å². The predicted molar refractivity (Wildman–Crippen MR) is 77.3 cm³/mol. The summed E-state index contributed by atoms with van der Waals surface area (Å²) in [6, 6.07) is 1.83. The van der Waals surface area contributed by atoms with Crippen LogP contribution in [0.2, 0.25) is 0 Å². The van der Waals surface area contributed by atoms with Gasteiger partial charge in [0.2, 0.25) is 5.91 Å². The van der Waals surface area contributed by atoms with E-state index in [1.807, 2.05) is 26.8 Å². The van der Waals surface area contributed by atoms with Gasteiger partial charge in [-0.2, -0.15) is 0 Å². The minimum absolute atomic E-state index is 0.0492. The smallest absolute Gasteiger partial charge is 0.226 e. The van der Waals surface area contributed by atoms with E-state index in [1.165, 1.54) is 0 Å². The van der Waals surface area contributed by atoms with Crippen molar-refractivity contribution >= 4 is 5.91 Å². The summed E-state index contributed by atoms with van der Waals surface area (Å²) < 4.78 is 5.45. The highest BCUT2D eigenvalue weighted by atomic mass is 16.3. The third-order valence-corrected chi connectivity index (χ3v) is 4.47. The molecule has 4 nitrogen and oxygen atoms in total. The topological polar surface area (TPSA) is 62.5 Å². The molecule has 112 valence electrons. The van der Waals surface area contributed by atoms with Gasteiger partial charge in [0, 0.05) is 11.0 Å². The van der Waals surface area contributed by atoms with E-state index in [0.717, 1.165) is 37.0 Å². The van der Waals surface area contributed by atoms with E-state index in [1.54, 1.807) is 6.92 Å². The molecule has 1 fully saturated rings. The zero-order valence-corrected chi connectivity index (χ0v) is 12.9. The molecule has 0 aromatic carbocycles. The van der Waals surface area contributed by atoms with E-state index in [-0.39, 0.29) is 17.9 Å². The second-order valence-electron chi connectivity index (χ2n) is 6.55. The van der Waals surface area contributed by atoms with Gasteiger partial charge in [-0.05, 0) is 39.7 Å². The molecule has 1 atom stereocenters. The summed E-state index contributed by atoms with van der Waals surface area (Å²) in [5.74, 6) is 1.52. The van der Waals surface area contributed by atoms with Crippen LogP contribution in [0.4, 0.5) is 0 Å². The van der Waals surface area contributed by atoms with Crippen molar-refractivity contribution in [2.45, 2.75) is 59.0 Å². The fourth-order valence-electron chi connectivity index (χ4n) is 3.11. The van der Waals surface area contributed by atoms with Gasteiger partial charge in [0.1, 0.15) is 17.1 Å². The van der Waals surface area contributed by atoms with Gasteiger partial charge in [-0.1, -0.05) is 19.8 Å². The van der Waals surface area contributed by atoms with Gasteiger partial charge in [0.05, 0.1) is 6.54 Å². The van der Waals surface area contributed by atoms with Crippen LogP contribution in [0.25, 0.3) is 0 Å². The Morgan fingerprint density at radius 1 is 1.45 bits per heavy atom. The molecule has 1 saturated carbocycles. The number of aliphatic hydroxyl groups is 1. The maximum absolute atomic E-state index is 12.3. The van der Waals surface area contributed by atoms with Crippen molar-refractivity contribution in [3.05, 3.63) is 23.2 Å². The molecule has 2 rings (SSSR count). The minimum Gasteiger partial charge on any atom is -0.466 e. The van der Waals surface area contributed by atoms with Crippen LogP contribution in [-0.4, -0.2) is 17.6 Å². The first-order valence-corrected chi connectivity index (χ1v) is 7.33. The SMILES string of the molecule is Cc1cc([C@](C)(O)CNC(=O)C2(C)CCCC2)c(C)o1. The molecule has 0 radical (unpaired) electrons. The number of amides is 1. The van der Waals surface area contributed by atoms with Gasteiger partial charge in [0.25, 0.3) is 0 Å². The lowest BCUT2D eigenvalue weighted by molar-refractivity contribution is -0.131. The van der Waals surface area contributed by atoms with Crippen LogP contribution >= 0.6 is 0 Å². The van der Waals surface area contributed by atoms with Gasteiger partial charge >= 0.3 is 0 Å². The van der Waals surface area contributed by atoms with Crippen LogP contribution in [0.15, 0.2) is 10.5 Å². The third-order valence-electron chi connectivity index (χ3n) is 4.47. The van der Waals surface area contributed by atoms with Gasteiger partial charge in [0.15, 0.2) is 0 Å². The first-order valence-electron chi connectivity index (χ1n) is 7.33. The fourth-order valence-corrected chi connectivity index (χ4v) is 3.11. The maximum Gasteiger partial charge on any atom is 0.226 e. The monoisotopic (exact) mass is 279 g/mol. The molecule has 1 heterocycles. The molecule has 0 spiro atoms. The third kappa shape index (κ3) is 2.90. The highest BCUT2D eigenvalue weighted by molar-refractivity contribution is 5.82. The van der Waals surface area contributed by atoms with Gasteiger partial charge in [-0.3, -0.25) is 4.79 Å². The number of rotatable bonds is 4. The van der Waals surface area contributed by atoms with E-state index in [2.05, 4.69) is 5.32 Å². The van der Waals surface area contributed by atoms with Gasteiger partial charge < -0.3 is 14.8 Å². The molecule has 1 aromatic heterocycles. The Labute approximate surface area is 120 Å². The number of carbonyl (C=O) groups excluding carboxylic acids is 1. The van der Waals surface area contributed by atoms with Crippen molar-refractivity contribution in [3.8, 4) is 0 Å². The molecule has 1 amide bonds. The highest BCUT2D eigenvalue weighted by Crippen LogP contribution is 2.37. The number of furan rings is 1. The minimum atomic E-state index is -1.10. The summed E-state index contributed by atoms with van der Waals surface area (Å²) in [7, 11) is 0. The van der Waals surface area contributed by atoms with Crippen molar-refractivity contribution in [2.24, 2.45) is 5.41 Å². The van der Waals surface area contributed by atoms with Crippen molar-refractivity contribution in [3.63, 3.8) is 0 Å². The van der Waals surface area contributed by atoms with Crippen molar-refractivity contribution in [2.75, 3.05) is 6.54 Å². The summed E-state index contributed by atoms with van der Waals surface area (Å²) in [6.07, 6.45) is 4.09. The van der Waals surface area contributed by atoms with Gasteiger partial charge in [-0.25, -0.2) is 0 Å². The van der Waals surface area contributed by atoms with E-state index >= 15 is 0 Å². The van der Waals surface area contributed by atoms with Crippen LogP contribution in [-0.2, 0) is 10.4 Å². The first kappa shape index (κ1) is 15.1. The summed E-state index contributed by atoms with van der Waals surface area (Å²) in [5, 5.41) is 13.5. The van der Waals surface area contributed by atoms with Gasteiger partial charge in [-0.15, -0.1) is 0 Å². The van der Waals surface area contributed by atoms with Crippen LogP contribution in [0, 0.1) is 19.3 Å². The number of aryl methyl sites for hydroxylation is 2. The molecule has 0 aliphatic heterocycles. The second kappa shape index (κ2) is 5.24. The molecule has 1 aliphatic rings. The van der Waals surface area contributed by atoms with Crippen molar-refractivity contribution in [1.82, 2.24) is 5.32 Å². The Morgan fingerprint density at radius 3 is 2.55 bits per heavy atom. The quantitative estimate of drug-likeness (QED) is 0.891.